The molecule has 0 saturated carbocycles. The van der Waals surface area contributed by atoms with Gasteiger partial charge in [0.05, 0.1) is 13.7 Å². The zero-order valence-corrected chi connectivity index (χ0v) is 13.3. The molecule has 0 aliphatic carbocycles. The van der Waals surface area contributed by atoms with Gasteiger partial charge in [-0.3, -0.25) is 4.79 Å². The van der Waals surface area contributed by atoms with Gasteiger partial charge in [0.25, 0.3) is 5.91 Å². The van der Waals surface area contributed by atoms with Gasteiger partial charge in [-0.1, -0.05) is 25.5 Å². The van der Waals surface area contributed by atoms with E-state index in [-0.39, 0.29) is 11.5 Å². The summed E-state index contributed by atoms with van der Waals surface area (Å²) in [5.41, 5.74) is 0.679. The summed E-state index contributed by atoms with van der Waals surface area (Å²) in [6, 6.07) is 7.29. The van der Waals surface area contributed by atoms with Gasteiger partial charge in [0.15, 0.2) is 11.5 Å². The first kappa shape index (κ1) is 17.6. The number of ether oxygens (including phenoxy) is 2. The van der Waals surface area contributed by atoms with Gasteiger partial charge >= 0.3 is 0 Å². The van der Waals surface area contributed by atoms with Crippen molar-refractivity contribution in [3.05, 3.63) is 29.3 Å². The molecule has 0 bridgehead atoms. The van der Waals surface area contributed by atoms with Crippen LogP contribution in [0.3, 0.4) is 0 Å². The number of hydrogen-bond donors (Lipinski definition) is 1. The third kappa shape index (κ3) is 4.81. The first-order valence-electron chi connectivity index (χ1n) is 7.37. The summed E-state index contributed by atoms with van der Waals surface area (Å²) < 4.78 is 10.8. The molecular weight excluding hydrogens is 280 g/mol. The van der Waals surface area contributed by atoms with Crippen LogP contribution in [0, 0.1) is 11.3 Å². The van der Waals surface area contributed by atoms with Crippen molar-refractivity contribution < 1.29 is 14.3 Å². The van der Waals surface area contributed by atoms with Crippen molar-refractivity contribution in [1.82, 2.24) is 5.32 Å². The number of unbranched alkanes of at least 4 members (excludes halogenated alkanes) is 1. The Labute approximate surface area is 131 Å². The number of carbonyl (C=O) groups excluding carboxylic acids is 1. The van der Waals surface area contributed by atoms with Gasteiger partial charge in [0.2, 0.25) is 0 Å². The second-order valence-corrected chi connectivity index (χ2v) is 4.59. The van der Waals surface area contributed by atoms with E-state index in [4.69, 9.17) is 9.47 Å². The summed E-state index contributed by atoms with van der Waals surface area (Å²) in [5, 5.41) is 11.9. The van der Waals surface area contributed by atoms with Gasteiger partial charge in [0.1, 0.15) is 11.6 Å². The lowest BCUT2D eigenvalue weighted by Crippen LogP contribution is -2.25. The molecule has 1 aromatic carbocycles. The minimum atomic E-state index is -0.375. The fourth-order valence-corrected chi connectivity index (χ4v) is 1.91. The van der Waals surface area contributed by atoms with Crippen molar-refractivity contribution in [2.45, 2.75) is 26.7 Å². The van der Waals surface area contributed by atoms with Crippen LogP contribution in [0.5, 0.6) is 11.5 Å². The Morgan fingerprint density at radius 3 is 2.77 bits per heavy atom. The van der Waals surface area contributed by atoms with E-state index >= 15 is 0 Å². The second-order valence-electron chi connectivity index (χ2n) is 4.59. The molecule has 1 aromatic rings. The Balaban J connectivity index is 3.05. The minimum Gasteiger partial charge on any atom is -0.492 e. The van der Waals surface area contributed by atoms with Gasteiger partial charge in [0, 0.05) is 12.1 Å². The SMILES string of the molecule is CCCCNC(=O)/C(C#N)=C/c1cccc(OCC)c1OC. The third-order valence-corrected chi connectivity index (χ3v) is 2.99. The van der Waals surface area contributed by atoms with Crippen LogP contribution in [-0.4, -0.2) is 26.2 Å². The molecule has 0 heterocycles. The van der Waals surface area contributed by atoms with E-state index < -0.39 is 0 Å². The van der Waals surface area contributed by atoms with E-state index in [9.17, 15) is 10.1 Å². The number of nitrogens with zero attached hydrogens (tertiary/aromatic N) is 1. The monoisotopic (exact) mass is 302 g/mol. The van der Waals surface area contributed by atoms with E-state index in [1.807, 2.05) is 19.9 Å². The van der Waals surface area contributed by atoms with Gasteiger partial charge in [-0.2, -0.15) is 5.26 Å². The van der Waals surface area contributed by atoms with E-state index in [2.05, 4.69) is 5.32 Å². The number of rotatable bonds is 8. The Morgan fingerprint density at radius 2 is 2.18 bits per heavy atom. The van der Waals surface area contributed by atoms with Crippen LogP contribution in [0.15, 0.2) is 23.8 Å². The average molecular weight is 302 g/mol. The molecule has 1 amide bonds. The minimum absolute atomic E-state index is 0.0445. The fraction of sp³-hybridized carbons (Fsp3) is 0.412. The van der Waals surface area contributed by atoms with Crippen LogP contribution in [0.1, 0.15) is 32.3 Å². The van der Waals surface area contributed by atoms with Gasteiger partial charge in [-0.15, -0.1) is 0 Å². The smallest absolute Gasteiger partial charge is 0.261 e. The largest absolute Gasteiger partial charge is 0.492 e. The number of amides is 1. The molecule has 0 aromatic heterocycles. The number of hydrogen-bond acceptors (Lipinski definition) is 4. The molecule has 0 unspecified atom stereocenters. The zero-order chi connectivity index (χ0) is 16.4. The van der Waals surface area contributed by atoms with E-state index in [0.717, 1.165) is 12.8 Å². The standard InChI is InChI=1S/C17H22N2O3/c1-4-6-10-19-17(20)14(12-18)11-13-8-7-9-15(22-5-2)16(13)21-3/h7-9,11H,4-6,10H2,1-3H3,(H,19,20)/b14-11+. The second kappa shape index (κ2) is 9.46. The molecule has 0 atom stereocenters. The molecule has 118 valence electrons. The highest BCUT2D eigenvalue weighted by Gasteiger charge is 2.13. The van der Waals surface area contributed by atoms with Gasteiger partial charge in [-0.05, 0) is 25.5 Å². The fourth-order valence-electron chi connectivity index (χ4n) is 1.91. The maximum absolute atomic E-state index is 12.0. The first-order valence-corrected chi connectivity index (χ1v) is 7.37. The highest BCUT2D eigenvalue weighted by atomic mass is 16.5. The van der Waals surface area contributed by atoms with Crippen molar-refractivity contribution in [2.24, 2.45) is 0 Å². The van der Waals surface area contributed by atoms with Crippen LogP contribution in [-0.2, 0) is 4.79 Å². The summed E-state index contributed by atoms with van der Waals surface area (Å²) in [6.07, 6.45) is 3.38. The molecule has 0 radical (unpaired) electrons. The summed E-state index contributed by atoms with van der Waals surface area (Å²) >= 11 is 0. The third-order valence-electron chi connectivity index (χ3n) is 2.99. The van der Waals surface area contributed by atoms with Crippen molar-refractivity contribution >= 4 is 12.0 Å². The van der Waals surface area contributed by atoms with Crippen molar-refractivity contribution in [1.29, 1.82) is 5.26 Å². The number of nitrogens with one attached hydrogen (secondary N) is 1. The Kier molecular flexibility index (Phi) is 7.55. The molecular formula is C17H22N2O3. The molecule has 5 heteroatoms. The lowest BCUT2D eigenvalue weighted by molar-refractivity contribution is -0.117. The molecule has 0 aliphatic heterocycles. The predicted molar refractivity (Wildman–Crippen MR) is 85.7 cm³/mol. The average Bonchev–Trinajstić information content (AvgIpc) is 2.53. The summed E-state index contributed by atoms with van der Waals surface area (Å²) in [6.45, 7) is 4.98. The molecule has 5 nitrogen and oxygen atoms in total. The summed E-state index contributed by atoms with van der Waals surface area (Å²) in [5.74, 6) is 0.723. The molecule has 0 aliphatic rings. The molecule has 0 spiro atoms. The number of carbonyl (C=O) groups is 1. The van der Waals surface area contributed by atoms with E-state index in [1.54, 1.807) is 18.2 Å². The molecule has 1 rings (SSSR count). The van der Waals surface area contributed by atoms with Crippen molar-refractivity contribution in [2.75, 3.05) is 20.3 Å². The maximum atomic E-state index is 12.0. The highest BCUT2D eigenvalue weighted by molar-refractivity contribution is 6.02. The first-order chi connectivity index (χ1) is 10.7. The van der Waals surface area contributed by atoms with E-state index in [1.165, 1.54) is 13.2 Å². The molecule has 0 fully saturated rings. The van der Waals surface area contributed by atoms with Crippen molar-refractivity contribution in [3.63, 3.8) is 0 Å². The maximum Gasteiger partial charge on any atom is 0.261 e. The molecule has 0 saturated heterocycles. The summed E-state index contributed by atoms with van der Waals surface area (Å²) in [4.78, 5) is 12.0. The van der Waals surface area contributed by atoms with Crippen LogP contribution < -0.4 is 14.8 Å². The quantitative estimate of drug-likeness (QED) is 0.455. The van der Waals surface area contributed by atoms with Gasteiger partial charge < -0.3 is 14.8 Å². The Morgan fingerprint density at radius 1 is 1.41 bits per heavy atom. The topological polar surface area (TPSA) is 71.4 Å². The normalized spacial score (nSPS) is 10.7. The van der Waals surface area contributed by atoms with Crippen LogP contribution >= 0.6 is 0 Å². The van der Waals surface area contributed by atoms with Crippen LogP contribution in [0.2, 0.25) is 0 Å². The van der Waals surface area contributed by atoms with Gasteiger partial charge in [-0.25, -0.2) is 0 Å². The molecule has 1 N–H and O–H groups in total. The lowest BCUT2D eigenvalue weighted by Gasteiger charge is -2.12. The molecule has 22 heavy (non-hydrogen) atoms. The van der Waals surface area contributed by atoms with E-state index in [0.29, 0.717) is 30.2 Å². The zero-order valence-electron chi connectivity index (χ0n) is 13.3. The van der Waals surface area contributed by atoms with Crippen LogP contribution in [0.25, 0.3) is 6.08 Å². The summed E-state index contributed by atoms with van der Waals surface area (Å²) in [7, 11) is 1.53. The number of methoxy groups -OCH3 is 1. The number of benzene rings is 1. The Bertz CT molecular complexity index is 574. The highest BCUT2D eigenvalue weighted by Crippen LogP contribution is 2.32. The van der Waals surface area contributed by atoms with Crippen molar-refractivity contribution in [3.8, 4) is 17.6 Å². The number of para-hydroxylation sites is 1. The Hall–Kier alpha value is -2.48. The van der Waals surface area contributed by atoms with Crippen LogP contribution in [0.4, 0.5) is 0 Å². The number of nitriles is 1. The lowest BCUT2D eigenvalue weighted by atomic mass is 10.1. The predicted octanol–water partition coefficient (Wildman–Crippen LogP) is 2.92.